The van der Waals surface area contributed by atoms with E-state index in [2.05, 4.69) is 43.1 Å². The standard InChI is InChI=1S/C8H9NO2.C8H10/c10-8(11)4-3-7-2-1-5-9-6-7;1-7-3-5-8(2)6-4-7/h1-2,5-6H,3-4H2,(H,10,11);3-6H,1-2H3. The molecular formula is C16H19NO2. The van der Waals surface area contributed by atoms with Gasteiger partial charge in [0.25, 0.3) is 0 Å². The molecule has 0 saturated carbocycles. The molecule has 0 bridgehead atoms. The third-order valence-electron chi connectivity index (χ3n) is 2.57. The van der Waals surface area contributed by atoms with Crippen molar-refractivity contribution in [1.82, 2.24) is 4.98 Å². The zero-order valence-corrected chi connectivity index (χ0v) is 11.3. The molecule has 3 nitrogen and oxygen atoms in total. The van der Waals surface area contributed by atoms with E-state index in [0.29, 0.717) is 6.42 Å². The third-order valence-corrected chi connectivity index (χ3v) is 2.57. The van der Waals surface area contributed by atoms with E-state index in [1.165, 1.54) is 11.1 Å². The first-order valence-corrected chi connectivity index (χ1v) is 6.22. The lowest BCUT2D eigenvalue weighted by Gasteiger charge is -1.94. The van der Waals surface area contributed by atoms with E-state index in [1.54, 1.807) is 18.5 Å². The Morgan fingerprint density at radius 2 is 1.68 bits per heavy atom. The van der Waals surface area contributed by atoms with Crippen LogP contribution in [0.15, 0.2) is 48.8 Å². The number of nitrogens with zero attached hydrogens (tertiary/aromatic N) is 1. The van der Waals surface area contributed by atoms with E-state index in [4.69, 9.17) is 5.11 Å². The van der Waals surface area contributed by atoms with Crippen molar-refractivity contribution in [3.05, 3.63) is 65.5 Å². The Labute approximate surface area is 113 Å². The van der Waals surface area contributed by atoms with Gasteiger partial charge in [0.05, 0.1) is 0 Å². The molecule has 0 aliphatic heterocycles. The minimum Gasteiger partial charge on any atom is -0.481 e. The summed E-state index contributed by atoms with van der Waals surface area (Å²) in [6.45, 7) is 4.19. The number of carboxylic acids is 1. The molecule has 0 aliphatic rings. The van der Waals surface area contributed by atoms with Crippen LogP contribution < -0.4 is 0 Å². The molecule has 100 valence electrons. The van der Waals surface area contributed by atoms with E-state index in [0.717, 1.165) is 5.56 Å². The summed E-state index contributed by atoms with van der Waals surface area (Å²) in [5.41, 5.74) is 3.63. The average molecular weight is 257 g/mol. The Kier molecular flexibility index (Phi) is 6.30. The molecule has 0 radical (unpaired) electrons. The van der Waals surface area contributed by atoms with Crippen LogP contribution in [0.2, 0.25) is 0 Å². The Morgan fingerprint density at radius 3 is 2.11 bits per heavy atom. The first-order chi connectivity index (χ1) is 9.08. The van der Waals surface area contributed by atoms with Crippen molar-refractivity contribution in [3.63, 3.8) is 0 Å². The van der Waals surface area contributed by atoms with E-state index in [-0.39, 0.29) is 6.42 Å². The SMILES string of the molecule is Cc1ccc(C)cc1.O=C(O)CCc1cccnc1. The lowest BCUT2D eigenvalue weighted by Crippen LogP contribution is -1.97. The van der Waals surface area contributed by atoms with Gasteiger partial charge >= 0.3 is 5.97 Å². The number of carbonyl (C=O) groups is 1. The Bertz CT molecular complexity index is 471. The number of hydrogen-bond acceptors (Lipinski definition) is 2. The zero-order valence-electron chi connectivity index (χ0n) is 11.3. The number of aryl methyl sites for hydroxylation is 3. The van der Waals surface area contributed by atoms with Gasteiger partial charge < -0.3 is 5.11 Å². The summed E-state index contributed by atoms with van der Waals surface area (Å²) in [5, 5.41) is 8.35. The van der Waals surface area contributed by atoms with Gasteiger partial charge in [-0.3, -0.25) is 9.78 Å². The highest BCUT2D eigenvalue weighted by molar-refractivity contribution is 5.67. The second-order valence-corrected chi connectivity index (χ2v) is 4.41. The van der Waals surface area contributed by atoms with Crippen LogP contribution in [-0.4, -0.2) is 16.1 Å². The van der Waals surface area contributed by atoms with Crippen LogP contribution in [0.3, 0.4) is 0 Å². The lowest BCUT2D eigenvalue weighted by atomic mass is 10.2. The molecule has 0 spiro atoms. The van der Waals surface area contributed by atoms with E-state index in [9.17, 15) is 4.79 Å². The Hall–Kier alpha value is -2.16. The highest BCUT2D eigenvalue weighted by Gasteiger charge is 1.97. The molecular weight excluding hydrogens is 238 g/mol. The van der Waals surface area contributed by atoms with Crippen molar-refractivity contribution in [1.29, 1.82) is 0 Å². The number of hydrogen-bond donors (Lipinski definition) is 1. The minimum atomic E-state index is -0.770. The van der Waals surface area contributed by atoms with E-state index < -0.39 is 5.97 Å². The van der Waals surface area contributed by atoms with Crippen LogP contribution in [0.1, 0.15) is 23.1 Å². The fourth-order valence-electron chi connectivity index (χ4n) is 1.43. The molecule has 0 saturated heterocycles. The van der Waals surface area contributed by atoms with Gasteiger partial charge in [-0.2, -0.15) is 0 Å². The fourth-order valence-corrected chi connectivity index (χ4v) is 1.43. The van der Waals surface area contributed by atoms with E-state index >= 15 is 0 Å². The van der Waals surface area contributed by atoms with Crippen molar-refractivity contribution in [2.45, 2.75) is 26.7 Å². The number of benzene rings is 1. The molecule has 1 heterocycles. The fraction of sp³-hybridized carbons (Fsp3) is 0.250. The second kappa shape index (κ2) is 8.03. The average Bonchev–Trinajstić information content (AvgIpc) is 2.42. The van der Waals surface area contributed by atoms with Gasteiger partial charge in [0.1, 0.15) is 0 Å². The van der Waals surface area contributed by atoms with Crippen LogP contribution in [0.5, 0.6) is 0 Å². The van der Waals surface area contributed by atoms with Crippen molar-refractivity contribution in [2.24, 2.45) is 0 Å². The summed E-state index contributed by atoms with van der Waals surface area (Å²) in [6, 6.07) is 12.2. The van der Waals surface area contributed by atoms with Crippen LogP contribution in [-0.2, 0) is 11.2 Å². The molecule has 1 N–H and O–H groups in total. The third kappa shape index (κ3) is 6.99. The number of carboxylic acid groups (broad SMARTS) is 1. The summed E-state index contributed by atoms with van der Waals surface area (Å²) in [7, 11) is 0. The maximum atomic E-state index is 10.2. The predicted molar refractivity (Wildman–Crippen MR) is 76.1 cm³/mol. The largest absolute Gasteiger partial charge is 0.481 e. The first-order valence-electron chi connectivity index (χ1n) is 6.22. The van der Waals surface area contributed by atoms with Crippen LogP contribution in [0, 0.1) is 13.8 Å². The van der Waals surface area contributed by atoms with Crippen LogP contribution in [0.4, 0.5) is 0 Å². The van der Waals surface area contributed by atoms with Gasteiger partial charge in [0.2, 0.25) is 0 Å². The molecule has 0 atom stereocenters. The number of rotatable bonds is 3. The minimum absolute atomic E-state index is 0.172. The first kappa shape index (κ1) is 14.9. The zero-order chi connectivity index (χ0) is 14.1. The van der Waals surface area contributed by atoms with Crippen LogP contribution in [0.25, 0.3) is 0 Å². The predicted octanol–water partition coefficient (Wildman–Crippen LogP) is 3.40. The molecule has 19 heavy (non-hydrogen) atoms. The van der Waals surface area contributed by atoms with Gasteiger partial charge in [-0.15, -0.1) is 0 Å². The normalized spacial score (nSPS) is 9.37. The molecule has 1 aromatic carbocycles. The van der Waals surface area contributed by atoms with Crippen molar-refractivity contribution < 1.29 is 9.90 Å². The van der Waals surface area contributed by atoms with Gasteiger partial charge in [-0.05, 0) is 31.9 Å². The van der Waals surface area contributed by atoms with Gasteiger partial charge in [0, 0.05) is 18.8 Å². The molecule has 1 aromatic heterocycles. The van der Waals surface area contributed by atoms with Crippen molar-refractivity contribution >= 4 is 5.97 Å². The number of aliphatic carboxylic acids is 1. The molecule has 0 amide bonds. The lowest BCUT2D eigenvalue weighted by molar-refractivity contribution is -0.136. The Morgan fingerprint density at radius 1 is 1.11 bits per heavy atom. The van der Waals surface area contributed by atoms with Crippen molar-refractivity contribution in [3.8, 4) is 0 Å². The summed E-state index contributed by atoms with van der Waals surface area (Å²) in [5.74, 6) is -0.770. The highest BCUT2D eigenvalue weighted by atomic mass is 16.4. The maximum Gasteiger partial charge on any atom is 0.303 e. The second-order valence-electron chi connectivity index (χ2n) is 4.41. The van der Waals surface area contributed by atoms with Crippen LogP contribution >= 0.6 is 0 Å². The molecule has 2 rings (SSSR count). The summed E-state index contributed by atoms with van der Waals surface area (Å²) < 4.78 is 0. The maximum absolute atomic E-state index is 10.2. The van der Waals surface area contributed by atoms with Gasteiger partial charge in [0.15, 0.2) is 0 Å². The monoisotopic (exact) mass is 257 g/mol. The highest BCUT2D eigenvalue weighted by Crippen LogP contribution is 2.00. The topological polar surface area (TPSA) is 50.2 Å². The summed E-state index contributed by atoms with van der Waals surface area (Å²) in [6.07, 6.45) is 4.09. The van der Waals surface area contributed by atoms with Gasteiger partial charge in [-0.25, -0.2) is 0 Å². The quantitative estimate of drug-likeness (QED) is 0.916. The molecule has 0 fully saturated rings. The Balaban J connectivity index is 0.000000200. The number of aromatic nitrogens is 1. The molecule has 0 aliphatic carbocycles. The molecule has 3 heteroatoms. The summed E-state index contributed by atoms with van der Waals surface area (Å²) in [4.78, 5) is 14.0. The molecule has 0 unspecified atom stereocenters. The number of pyridine rings is 1. The van der Waals surface area contributed by atoms with Gasteiger partial charge in [-0.1, -0.05) is 41.5 Å². The van der Waals surface area contributed by atoms with Crippen molar-refractivity contribution in [2.75, 3.05) is 0 Å². The molecule has 2 aromatic rings. The summed E-state index contributed by atoms with van der Waals surface area (Å²) >= 11 is 0. The smallest absolute Gasteiger partial charge is 0.303 e. The van der Waals surface area contributed by atoms with E-state index in [1.807, 2.05) is 6.07 Å².